The van der Waals surface area contributed by atoms with Gasteiger partial charge in [0, 0.05) is 0 Å². The maximum atomic E-state index is 12.3. The van der Waals surface area contributed by atoms with E-state index in [1.54, 1.807) is 0 Å². The minimum absolute atomic E-state index is 0.118. The van der Waals surface area contributed by atoms with E-state index in [0.717, 1.165) is 0 Å². The molecule has 2 atom stereocenters. The van der Waals surface area contributed by atoms with E-state index >= 15 is 0 Å². The van der Waals surface area contributed by atoms with E-state index in [1.807, 2.05) is 0 Å². The van der Waals surface area contributed by atoms with Crippen molar-refractivity contribution in [1.82, 2.24) is 10.9 Å². The molecular formula is C20H18N4O8. The summed E-state index contributed by atoms with van der Waals surface area (Å²) in [7, 11) is 0. The van der Waals surface area contributed by atoms with Crippen LogP contribution in [0.1, 0.15) is 20.7 Å². The van der Waals surface area contributed by atoms with Crippen molar-refractivity contribution in [2.45, 2.75) is 12.2 Å². The van der Waals surface area contributed by atoms with E-state index in [0.29, 0.717) is 0 Å². The highest BCUT2D eigenvalue weighted by Gasteiger charge is 2.43. The van der Waals surface area contributed by atoms with Gasteiger partial charge in [-0.3, -0.25) is 9.59 Å². The number of hydrazone groups is 2. The van der Waals surface area contributed by atoms with Crippen LogP contribution in [0.2, 0.25) is 0 Å². The van der Waals surface area contributed by atoms with E-state index in [1.165, 1.54) is 48.5 Å². The Balaban J connectivity index is 1.88. The van der Waals surface area contributed by atoms with Crippen LogP contribution in [-0.4, -0.2) is 68.4 Å². The van der Waals surface area contributed by atoms with Gasteiger partial charge in [-0.2, -0.15) is 10.2 Å². The van der Waals surface area contributed by atoms with Crippen molar-refractivity contribution in [1.29, 1.82) is 0 Å². The molecule has 2 aromatic carbocycles. The first-order valence-electron chi connectivity index (χ1n) is 9.15. The number of ether oxygens (including phenoxy) is 1. The Kier molecular flexibility index (Phi) is 6.77. The number of carbonyl (C=O) groups is 3. The smallest absolute Gasteiger partial charge is 0.361 e. The number of phenolic OH excluding ortho intramolecular Hbond substituents is 2. The lowest BCUT2D eigenvalue weighted by molar-refractivity contribution is -0.140. The zero-order chi connectivity index (χ0) is 23.3. The number of amides is 2. The number of para-hydroxylation sites is 2. The minimum Gasteiger partial charge on any atom is -0.507 e. The molecule has 1 aliphatic heterocycles. The zero-order valence-electron chi connectivity index (χ0n) is 16.3. The summed E-state index contributed by atoms with van der Waals surface area (Å²) in [4.78, 5) is 36.8. The molecule has 0 aromatic heterocycles. The Morgan fingerprint density at radius 3 is 1.94 bits per heavy atom. The average Bonchev–Trinajstić information content (AvgIpc) is 3.11. The number of nitrogens with one attached hydrogen (secondary N) is 2. The van der Waals surface area contributed by atoms with Gasteiger partial charge in [0.15, 0.2) is 11.8 Å². The van der Waals surface area contributed by atoms with E-state index in [4.69, 9.17) is 4.74 Å². The third-order valence-electron chi connectivity index (χ3n) is 4.32. The van der Waals surface area contributed by atoms with Gasteiger partial charge in [0.1, 0.15) is 23.3 Å². The molecule has 12 heteroatoms. The fourth-order valence-electron chi connectivity index (χ4n) is 2.71. The Morgan fingerprint density at radius 1 is 0.938 bits per heavy atom. The van der Waals surface area contributed by atoms with Gasteiger partial charge in [-0.1, -0.05) is 24.3 Å². The summed E-state index contributed by atoms with van der Waals surface area (Å²) >= 11 is 0. The second-order valence-corrected chi connectivity index (χ2v) is 6.45. The van der Waals surface area contributed by atoms with Gasteiger partial charge < -0.3 is 25.2 Å². The van der Waals surface area contributed by atoms with Gasteiger partial charge in [0.2, 0.25) is 0 Å². The number of esters is 1. The number of aliphatic hydroxyl groups is 2. The number of carbonyl (C=O) groups excluding carboxylic acids is 3. The van der Waals surface area contributed by atoms with Crippen LogP contribution in [0.25, 0.3) is 0 Å². The number of nitrogens with zero attached hydrogens (tertiary/aromatic N) is 2. The van der Waals surface area contributed by atoms with Crippen LogP contribution in [0.15, 0.2) is 58.7 Å². The molecule has 0 saturated carbocycles. The lowest BCUT2D eigenvalue weighted by Gasteiger charge is -2.14. The summed E-state index contributed by atoms with van der Waals surface area (Å²) in [5, 5.41) is 46.1. The van der Waals surface area contributed by atoms with E-state index < -0.39 is 42.3 Å². The largest absolute Gasteiger partial charge is 0.507 e. The minimum atomic E-state index is -1.60. The maximum absolute atomic E-state index is 12.3. The van der Waals surface area contributed by atoms with Crippen LogP contribution in [0.4, 0.5) is 0 Å². The Hall–Kier alpha value is -4.29. The van der Waals surface area contributed by atoms with Crippen molar-refractivity contribution in [3.8, 4) is 11.5 Å². The third kappa shape index (κ3) is 4.71. The van der Waals surface area contributed by atoms with Crippen molar-refractivity contribution < 1.29 is 39.5 Å². The van der Waals surface area contributed by atoms with Crippen LogP contribution in [0.3, 0.4) is 0 Å². The highest BCUT2D eigenvalue weighted by molar-refractivity contribution is 6.69. The van der Waals surface area contributed by atoms with Crippen molar-refractivity contribution >= 4 is 29.2 Å². The van der Waals surface area contributed by atoms with Crippen molar-refractivity contribution in [3.05, 3.63) is 59.7 Å². The molecule has 1 fully saturated rings. The van der Waals surface area contributed by atoms with Crippen LogP contribution in [0.5, 0.6) is 11.5 Å². The molecule has 32 heavy (non-hydrogen) atoms. The van der Waals surface area contributed by atoms with Crippen LogP contribution in [-0.2, 0) is 9.53 Å². The summed E-state index contributed by atoms with van der Waals surface area (Å²) in [6, 6.07) is 11.2. The summed E-state index contributed by atoms with van der Waals surface area (Å²) in [5.41, 5.74) is 2.99. The van der Waals surface area contributed by atoms with Gasteiger partial charge in [-0.25, -0.2) is 15.6 Å². The van der Waals surface area contributed by atoms with Gasteiger partial charge in [-0.15, -0.1) is 0 Å². The quantitative estimate of drug-likeness (QED) is 0.249. The number of benzene rings is 2. The first kappa shape index (κ1) is 22.4. The SMILES string of the molecule is O=C1OC(C(O)CO)C(=NNC(=O)c2ccccc2O)C1=NNC(=O)c1ccccc1O. The molecule has 0 spiro atoms. The standard InChI is InChI=1S/C20H18N4O8/c25-9-14(28)17-15(21-23-18(29)10-5-1-3-7-12(10)26)16(20(31)32-17)22-24-19(30)11-6-2-4-8-13(11)27/h1-8,14,17,25-28H,9H2,(H,23,29)(H,24,30). The van der Waals surface area contributed by atoms with Crippen LogP contribution in [0, 0.1) is 0 Å². The number of aliphatic hydroxyl groups excluding tert-OH is 2. The molecular weight excluding hydrogens is 424 g/mol. The number of aromatic hydroxyl groups is 2. The zero-order valence-corrected chi connectivity index (χ0v) is 16.3. The Labute approximate surface area is 180 Å². The number of hydrogen-bond donors (Lipinski definition) is 6. The first-order valence-corrected chi connectivity index (χ1v) is 9.15. The maximum Gasteiger partial charge on any atom is 0.361 e. The number of hydrogen-bond acceptors (Lipinski definition) is 10. The van der Waals surface area contributed by atoms with Crippen molar-refractivity contribution in [3.63, 3.8) is 0 Å². The number of rotatable bonds is 6. The molecule has 166 valence electrons. The van der Waals surface area contributed by atoms with Gasteiger partial charge in [-0.05, 0) is 24.3 Å². The van der Waals surface area contributed by atoms with E-state index in [-0.39, 0.29) is 28.3 Å². The van der Waals surface area contributed by atoms with E-state index in [9.17, 15) is 34.8 Å². The summed E-state index contributed by atoms with van der Waals surface area (Å²) in [6.45, 7) is -0.804. The molecule has 0 radical (unpaired) electrons. The molecule has 1 heterocycles. The molecule has 6 N–H and O–H groups in total. The molecule has 12 nitrogen and oxygen atoms in total. The highest BCUT2D eigenvalue weighted by Crippen LogP contribution is 2.18. The molecule has 1 saturated heterocycles. The molecule has 1 aliphatic rings. The first-order chi connectivity index (χ1) is 15.3. The number of cyclic esters (lactones) is 1. The fraction of sp³-hybridized carbons (Fsp3) is 0.150. The topological polar surface area (TPSA) is 190 Å². The van der Waals surface area contributed by atoms with E-state index in [2.05, 4.69) is 21.1 Å². The normalized spacial score (nSPS) is 18.9. The highest BCUT2D eigenvalue weighted by atomic mass is 16.6. The van der Waals surface area contributed by atoms with Gasteiger partial charge in [0.05, 0.1) is 17.7 Å². The molecule has 0 aliphatic carbocycles. The Bertz CT molecular complexity index is 1110. The van der Waals surface area contributed by atoms with Gasteiger partial charge >= 0.3 is 5.97 Å². The molecule has 3 rings (SSSR count). The molecule has 2 unspecified atom stereocenters. The van der Waals surface area contributed by atoms with Gasteiger partial charge in [0.25, 0.3) is 11.8 Å². The van der Waals surface area contributed by atoms with Crippen molar-refractivity contribution in [2.24, 2.45) is 10.2 Å². The average molecular weight is 442 g/mol. The van der Waals surface area contributed by atoms with Crippen LogP contribution >= 0.6 is 0 Å². The van der Waals surface area contributed by atoms with Crippen LogP contribution < -0.4 is 10.9 Å². The lowest BCUT2D eigenvalue weighted by Crippen LogP contribution is -2.38. The summed E-state index contributed by atoms with van der Waals surface area (Å²) in [5.74, 6) is -3.43. The molecule has 2 amide bonds. The monoisotopic (exact) mass is 442 g/mol. The third-order valence-corrected chi connectivity index (χ3v) is 4.32. The van der Waals surface area contributed by atoms with Crippen molar-refractivity contribution in [2.75, 3.05) is 6.61 Å². The summed E-state index contributed by atoms with van der Waals surface area (Å²) < 4.78 is 4.95. The lowest BCUT2D eigenvalue weighted by atomic mass is 10.1. The second-order valence-electron chi connectivity index (χ2n) is 6.45. The predicted molar refractivity (Wildman–Crippen MR) is 109 cm³/mol. The fourth-order valence-corrected chi connectivity index (χ4v) is 2.71. The Morgan fingerprint density at radius 2 is 1.44 bits per heavy atom. The molecule has 2 aromatic rings. The second kappa shape index (κ2) is 9.68. The predicted octanol–water partition coefficient (Wildman–Crippen LogP) is -0.752. The molecule has 0 bridgehead atoms. The number of phenols is 2. The summed E-state index contributed by atoms with van der Waals surface area (Å²) in [6.07, 6.45) is -3.08.